The summed E-state index contributed by atoms with van der Waals surface area (Å²) >= 11 is 0. The maximum absolute atomic E-state index is 10.6. The highest BCUT2D eigenvalue weighted by atomic mass is 16.6. The van der Waals surface area contributed by atoms with E-state index in [2.05, 4.69) is 36.8 Å². The maximum Gasteiger partial charge on any atom is 0.312 e. The Kier molecular flexibility index (Phi) is 5.46. The van der Waals surface area contributed by atoms with Gasteiger partial charge in [0, 0.05) is 11.6 Å². The predicted octanol–water partition coefficient (Wildman–Crippen LogP) is 1.83. The second kappa shape index (κ2) is 8.52. The molecule has 4 aromatic rings. The molecular formula is C20H20N8O2. The Morgan fingerprint density at radius 2 is 2.10 bits per heavy atom. The molecule has 10 heteroatoms. The van der Waals surface area contributed by atoms with Crippen molar-refractivity contribution in [3.63, 3.8) is 0 Å². The van der Waals surface area contributed by atoms with E-state index in [-0.39, 0.29) is 13.2 Å². The SMILES string of the molecule is C/C(=N/OCCNC(N)=O)c1ccc2nnn(Cc3ccc4ncccc4c3)c2n1. The van der Waals surface area contributed by atoms with Crippen molar-refractivity contribution in [1.82, 2.24) is 30.3 Å². The Morgan fingerprint density at radius 1 is 1.23 bits per heavy atom. The lowest BCUT2D eigenvalue weighted by molar-refractivity contribution is 0.147. The molecule has 0 aliphatic carbocycles. The van der Waals surface area contributed by atoms with Crippen molar-refractivity contribution in [2.45, 2.75) is 13.5 Å². The number of fused-ring (bicyclic) bond motifs is 2. The van der Waals surface area contributed by atoms with E-state index in [0.717, 1.165) is 16.5 Å². The van der Waals surface area contributed by atoms with Crippen molar-refractivity contribution in [2.24, 2.45) is 10.9 Å². The zero-order valence-electron chi connectivity index (χ0n) is 16.3. The second-order valence-electron chi connectivity index (χ2n) is 6.62. The molecule has 0 saturated carbocycles. The van der Waals surface area contributed by atoms with Gasteiger partial charge in [-0.05, 0) is 42.8 Å². The van der Waals surface area contributed by atoms with E-state index >= 15 is 0 Å². The summed E-state index contributed by atoms with van der Waals surface area (Å²) in [5.74, 6) is 0. The first-order valence-electron chi connectivity index (χ1n) is 9.34. The van der Waals surface area contributed by atoms with Crippen molar-refractivity contribution in [1.29, 1.82) is 0 Å². The van der Waals surface area contributed by atoms with Gasteiger partial charge in [-0.25, -0.2) is 14.5 Å². The molecular weight excluding hydrogens is 384 g/mol. The van der Waals surface area contributed by atoms with Crippen molar-refractivity contribution in [3.8, 4) is 0 Å². The molecule has 0 aliphatic rings. The van der Waals surface area contributed by atoms with Crippen molar-refractivity contribution in [3.05, 3.63) is 59.9 Å². The number of nitrogens with zero attached hydrogens (tertiary/aromatic N) is 6. The minimum Gasteiger partial charge on any atom is -0.394 e. The number of oxime groups is 1. The minimum absolute atomic E-state index is 0.207. The van der Waals surface area contributed by atoms with E-state index < -0.39 is 6.03 Å². The van der Waals surface area contributed by atoms with E-state index in [1.54, 1.807) is 17.8 Å². The van der Waals surface area contributed by atoms with Gasteiger partial charge in [-0.3, -0.25) is 4.98 Å². The number of pyridine rings is 2. The third-order valence-electron chi connectivity index (χ3n) is 4.42. The molecule has 10 nitrogen and oxygen atoms in total. The van der Waals surface area contributed by atoms with Gasteiger partial charge >= 0.3 is 6.03 Å². The van der Waals surface area contributed by atoms with Gasteiger partial charge in [-0.2, -0.15) is 0 Å². The molecule has 0 fully saturated rings. The van der Waals surface area contributed by atoms with E-state index in [1.807, 2.05) is 36.4 Å². The first-order valence-corrected chi connectivity index (χ1v) is 9.34. The summed E-state index contributed by atoms with van der Waals surface area (Å²) < 4.78 is 1.75. The number of nitrogens with one attached hydrogen (secondary N) is 1. The van der Waals surface area contributed by atoms with E-state index in [0.29, 0.717) is 29.1 Å². The summed E-state index contributed by atoms with van der Waals surface area (Å²) in [5, 5.41) is 16.0. The smallest absolute Gasteiger partial charge is 0.312 e. The van der Waals surface area contributed by atoms with Crippen LogP contribution in [0, 0.1) is 0 Å². The molecule has 0 aliphatic heterocycles. The van der Waals surface area contributed by atoms with Crippen LogP contribution in [0.15, 0.2) is 53.8 Å². The monoisotopic (exact) mass is 404 g/mol. The number of nitrogens with two attached hydrogens (primary N) is 1. The highest BCUT2D eigenvalue weighted by molar-refractivity contribution is 5.97. The fraction of sp³-hybridized carbons (Fsp3) is 0.200. The first kappa shape index (κ1) is 19.2. The predicted molar refractivity (Wildman–Crippen MR) is 112 cm³/mol. The van der Waals surface area contributed by atoms with Gasteiger partial charge in [0.2, 0.25) is 0 Å². The van der Waals surface area contributed by atoms with Gasteiger partial charge in [-0.1, -0.05) is 22.5 Å². The number of rotatable bonds is 7. The van der Waals surface area contributed by atoms with Crippen LogP contribution in [0.4, 0.5) is 4.79 Å². The molecule has 0 unspecified atom stereocenters. The average Bonchev–Trinajstić information content (AvgIpc) is 3.15. The zero-order valence-corrected chi connectivity index (χ0v) is 16.3. The van der Waals surface area contributed by atoms with Gasteiger partial charge in [0.25, 0.3) is 0 Å². The molecule has 3 aromatic heterocycles. The third-order valence-corrected chi connectivity index (χ3v) is 4.42. The summed E-state index contributed by atoms with van der Waals surface area (Å²) in [4.78, 5) is 24.8. The molecule has 0 bridgehead atoms. The van der Waals surface area contributed by atoms with Crippen LogP contribution in [0.5, 0.6) is 0 Å². The number of carbonyl (C=O) groups is 1. The summed E-state index contributed by atoms with van der Waals surface area (Å²) in [5.41, 5.74) is 9.62. The van der Waals surface area contributed by atoms with Crippen molar-refractivity contribution in [2.75, 3.05) is 13.2 Å². The number of primary amides is 1. The number of aromatic nitrogens is 5. The van der Waals surface area contributed by atoms with E-state index in [9.17, 15) is 4.79 Å². The quantitative estimate of drug-likeness (QED) is 0.274. The Balaban J connectivity index is 1.52. The molecule has 152 valence electrons. The first-order chi connectivity index (χ1) is 14.6. The number of carbonyl (C=O) groups excluding carboxylic acids is 1. The normalized spacial score (nSPS) is 11.7. The highest BCUT2D eigenvalue weighted by Crippen LogP contribution is 2.16. The largest absolute Gasteiger partial charge is 0.394 e. The summed E-state index contributed by atoms with van der Waals surface area (Å²) in [6, 6.07) is 13.1. The molecule has 30 heavy (non-hydrogen) atoms. The Bertz CT molecular complexity index is 1230. The van der Waals surface area contributed by atoms with Crippen LogP contribution in [0.2, 0.25) is 0 Å². The zero-order chi connectivity index (χ0) is 20.9. The topological polar surface area (TPSA) is 133 Å². The lowest BCUT2D eigenvalue weighted by Crippen LogP contribution is -2.31. The van der Waals surface area contributed by atoms with Gasteiger partial charge in [-0.15, -0.1) is 5.10 Å². The summed E-state index contributed by atoms with van der Waals surface area (Å²) in [6.07, 6.45) is 1.78. The fourth-order valence-electron chi connectivity index (χ4n) is 2.97. The van der Waals surface area contributed by atoms with Gasteiger partial charge in [0.1, 0.15) is 17.8 Å². The third kappa shape index (κ3) is 4.32. The molecule has 0 radical (unpaired) electrons. The summed E-state index contributed by atoms with van der Waals surface area (Å²) in [6.45, 7) is 2.80. The molecule has 3 N–H and O–H groups in total. The van der Waals surface area contributed by atoms with E-state index in [4.69, 9.17) is 10.6 Å². The van der Waals surface area contributed by atoms with Gasteiger partial charge < -0.3 is 15.9 Å². The molecule has 2 amide bonds. The van der Waals surface area contributed by atoms with Crippen LogP contribution < -0.4 is 11.1 Å². The van der Waals surface area contributed by atoms with Crippen molar-refractivity contribution >= 4 is 33.8 Å². The van der Waals surface area contributed by atoms with Crippen LogP contribution >= 0.6 is 0 Å². The molecule has 0 spiro atoms. The second-order valence-corrected chi connectivity index (χ2v) is 6.62. The fourth-order valence-corrected chi connectivity index (χ4v) is 2.97. The number of benzene rings is 1. The Morgan fingerprint density at radius 3 is 2.97 bits per heavy atom. The molecule has 1 aromatic carbocycles. The number of amides is 2. The average molecular weight is 404 g/mol. The standard InChI is InChI=1S/C20H20N8O2/c1-13(26-30-10-9-23-20(21)29)16-6-7-18-19(24-16)28(27-25-18)12-14-4-5-17-15(11-14)3-2-8-22-17/h2-8,11H,9-10,12H2,1H3,(H3,21,23,29)/b26-13-. The molecule has 3 heterocycles. The number of hydrogen-bond donors (Lipinski definition) is 2. The Labute approximate surface area is 171 Å². The Hall–Kier alpha value is -4.08. The molecule has 0 atom stereocenters. The van der Waals surface area contributed by atoms with E-state index in [1.165, 1.54) is 0 Å². The minimum atomic E-state index is -0.602. The summed E-state index contributed by atoms with van der Waals surface area (Å²) in [7, 11) is 0. The van der Waals surface area contributed by atoms with Crippen LogP contribution in [0.25, 0.3) is 22.1 Å². The molecule has 4 rings (SSSR count). The lowest BCUT2D eigenvalue weighted by Gasteiger charge is -2.05. The van der Waals surface area contributed by atoms with Crippen LogP contribution in [0.3, 0.4) is 0 Å². The van der Waals surface area contributed by atoms with Crippen molar-refractivity contribution < 1.29 is 9.63 Å². The number of hydrogen-bond acceptors (Lipinski definition) is 7. The molecule has 0 saturated heterocycles. The van der Waals surface area contributed by atoms with Crippen LogP contribution in [-0.2, 0) is 11.4 Å². The van der Waals surface area contributed by atoms with Crippen LogP contribution in [0.1, 0.15) is 18.2 Å². The van der Waals surface area contributed by atoms with Gasteiger partial charge in [0.05, 0.1) is 24.3 Å². The van der Waals surface area contributed by atoms with Crippen LogP contribution in [-0.4, -0.2) is 49.9 Å². The maximum atomic E-state index is 10.6. The van der Waals surface area contributed by atoms with Gasteiger partial charge in [0.15, 0.2) is 5.65 Å². The lowest BCUT2D eigenvalue weighted by atomic mass is 10.1. The highest BCUT2D eigenvalue weighted by Gasteiger charge is 2.10. The number of urea groups is 1.